The quantitative estimate of drug-likeness (QED) is 0.546. The summed E-state index contributed by atoms with van der Waals surface area (Å²) >= 11 is 1.74. The van der Waals surface area contributed by atoms with E-state index in [0.717, 1.165) is 45.9 Å². The molecular formula is C28H28N4O2S. The fourth-order valence-corrected chi connectivity index (χ4v) is 5.72. The monoisotopic (exact) mass is 484 g/mol. The number of rotatable bonds is 4. The number of benzene rings is 3. The lowest BCUT2D eigenvalue weighted by atomic mass is 9.93. The Labute approximate surface area is 209 Å². The fourth-order valence-electron chi connectivity index (χ4n) is 4.70. The number of hydrogen-bond acceptors (Lipinski definition) is 5. The first-order valence-corrected chi connectivity index (χ1v) is 12.7. The Morgan fingerprint density at radius 1 is 1.03 bits per heavy atom. The average molecular weight is 485 g/mol. The van der Waals surface area contributed by atoms with Gasteiger partial charge in [0.1, 0.15) is 0 Å². The van der Waals surface area contributed by atoms with Gasteiger partial charge in [0, 0.05) is 37.6 Å². The summed E-state index contributed by atoms with van der Waals surface area (Å²) in [6.45, 7) is 2.77. The normalized spacial score (nSPS) is 17.6. The highest BCUT2D eigenvalue weighted by atomic mass is 32.2. The summed E-state index contributed by atoms with van der Waals surface area (Å²) in [5, 5.41) is 5.96. The van der Waals surface area contributed by atoms with Crippen molar-refractivity contribution in [3.05, 3.63) is 89.1 Å². The van der Waals surface area contributed by atoms with E-state index in [9.17, 15) is 9.59 Å². The van der Waals surface area contributed by atoms with Crippen molar-refractivity contribution < 1.29 is 9.59 Å². The predicted molar refractivity (Wildman–Crippen MR) is 144 cm³/mol. The van der Waals surface area contributed by atoms with E-state index in [0.29, 0.717) is 16.8 Å². The van der Waals surface area contributed by atoms with Crippen LogP contribution in [0.25, 0.3) is 10.8 Å². The number of amides is 2. The van der Waals surface area contributed by atoms with Gasteiger partial charge >= 0.3 is 0 Å². The van der Waals surface area contributed by atoms with Crippen LogP contribution in [0, 0.1) is 0 Å². The van der Waals surface area contributed by atoms with Crippen molar-refractivity contribution in [2.75, 3.05) is 31.7 Å². The first-order chi connectivity index (χ1) is 16.9. The molecule has 1 saturated heterocycles. The Morgan fingerprint density at radius 2 is 1.77 bits per heavy atom. The molecule has 7 heteroatoms. The molecule has 2 amide bonds. The van der Waals surface area contributed by atoms with E-state index < -0.39 is 0 Å². The molecule has 1 atom stereocenters. The van der Waals surface area contributed by atoms with Gasteiger partial charge < -0.3 is 15.1 Å². The van der Waals surface area contributed by atoms with Gasteiger partial charge in [0.05, 0.1) is 17.3 Å². The van der Waals surface area contributed by atoms with E-state index in [-0.39, 0.29) is 17.9 Å². The summed E-state index contributed by atoms with van der Waals surface area (Å²) in [5.41, 5.74) is 3.83. The van der Waals surface area contributed by atoms with Gasteiger partial charge in [-0.3, -0.25) is 9.59 Å². The first-order valence-electron chi connectivity index (χ1n) is 11.7. The Bertz CT molecular complexity index is 1360. The smallest absolute Gasteiger partial charge is 0.256 e. The number of carbonyl (C=O) groups excluding carboxylic acids is 2. The van der Waals surface area contributed by atoms with Gasteiger partial charge in [0.15, 0.2) is 5.17 Å². The number of likely N-dealkylation sites (N-methyl/N-ethyl adjacent to an activating group) is 1. The zero-order valence-electron chi connectivity index (χ0n) is 20.1. The molecule has 0 aliphatic carbocycles. The van der Waals surface area contributed by atoms with Crippen molar-refractivity contribution >= 4 is 45.2 Å². The van der Waals surface area contributed by atoms with Crippen LogP contribution in [0.5, 0.6) is 0 Å². The third kappa shape index (κ3) is 4.44. The Kier molecular flexibility index (Phi) is 6.34. The standard InChI is InChI=1S/C28H28N4O2S/c1-18-24(27(34)31(2)3)25(32-16-7-17-35-28(32)29-18)20-12-14-21(15-13-20)30-26(33)23-11-6-9-19-8-4-5-10-22(19)23/h4-6,8-15,25H,7,16-17H2,1-3H3,(H,30,33). The summed E-state index contributed by atoms with van der Waals surface area (Å²) in [5.74, 6) is 0.860. The van der Waals surface area contributed by atoms with Crippen molar-refractivity contribution in [1.29, 1.82) is 0 Å². The molecule has 0 spiro atoms. The van der Waals surface area contributed by atoms with Gasteiger partial charge in [-0.05, 0) is 47.9 Å². The lowest BCUT2D eigenvalue weighted by Gasteiger charge is -2.41. The van der Waals surface area contributed by atoms with Crippen molar-refractivity contribution in [1.82, 2.24) is 9.80 Å². The van der Waals surface area contributed by atoms with Crippen molar-refractivity contribution in [3.8, 4) is 0 Å². The molecule has 35 heavy (non-hydrogen) atoms. The van der Waals surface area contributed by atoms with Crippen LogP contribution in [-0.4, -0.2) is 53.2 Å². The van der Waals surface area contributed by atoms with Gasteiger partial charge in [-0.15, -0.1) is 0 Å². The zero-order chi connectivity index (χ0) is 24.5. The minimum Gasteiger partial charge on any atom is -0.345 e. The molecule has 0 aromatic heterocycles. The maximum Gasteiger partial charge on any atom is 0.256 e. The van der Waals surface area contributed by atoms with Gasteiger partial charge in [-0.1, -0.05) is 60.3 Å². The average Bonchev–Trinajstić information content (AvgIpc) is 2.87. The van der Waals surface area contributed by atoms with Crippen LogP contribution in [0.1, 0.15) is 35.3 Å². The highest BCUT2D eigenvalue weighted by Gasteiger charge is 2.37. The Hall–Kier alpha value is -3.58. The molecule has 0 bridgehead atoms. The Balaban J connectivity index is 1.44. The number of nitrogens with zero attached hydrogens (tertiary/aromatic N) is 3. The number of allylic oxidation sites excluding steroid dienone is 1. The molecular weight excluding hydrogens is 456 g/mol. The van der Waals surface area contributed by atoms with E-state index in [2.05, 4.69) is 10.2 Å². The number of carbonyl (C=O) groups is 2. The number of fused-ring (bicyclic) bond motifs is 2. The fraction of sp³-hybridized carbons (Fsp3) is 0.250. The second-order valence-corrected chi connectivity index (χ2v) is 10.1. The SMILES string of the molecule is CC1=C(C(=O)N(C)C)C(c2ccc(NC(=O)c3cccc4ccccc34)cc2)N2CCCSC2=N1. The minimum atomic E-state index is -0.201. The summed E-state index contributed by atoms with van der Waals surface area (Å²) in [6.07, 6.45) is 1.04. The summed E-state index contributed by atoms with van der Waals surface area (Å²) in [4.78, 5) is 34.8. The lowest BCUT2D eigenvalue weighted by molar-refractivity contribution is -0.125. The summed E-state index contributed by atoms with van der Waals surface area (Å²) < 4.78 is 0. The third-order valence-corrected chi connectivity index (χ3v) is 7.49. The number of aliphatic imine (C=N–C) groups is 1. The molecule has 0 saturated carbocycles. The zero-order valence-corrected chi connectivity index (χ0v) is 20.9. The third-order valence-electron chi connectivity index (χ3n) is 6.41. The Morgan fingerprint density at radius 3 is 2.54 bits per heavy atom. The van der Waals surface area contributed by atoms with Gasteiger partial charge in [0.25, 0.3) is 11.8 Å². The van der Waals surface area contributed by atoms with E-state index in [1.807, 2.05) is 73.7 Å². The van der Waals surface area contributed by atoms with Crippen LogP contribution in [-0.2, 0) is 4.79 Å². The number of hydrogen-bond donors (Lipinski definition) is 1. The van der Waals surface area contributed by atoms with Crippen LogP contribution in [0.4, 0.5) is 5.69 Å². The largest absolute Gasteiger partial charge is 0.345 e. The molecule has 5 rings (SSSR count). The van der Waals surface area contributed by atoms with E-state index in [1.165, 1.54) is 0 Å². The molecule has 2 aliphatic heterocycles. The van der Waals surface area contributed by atoms with Gasteiger partial charge in [0.2, 0.25) is 0 Å². The van der Waals surface area contributed by atoms with E-state index in [1.54, 1.807) is 30.8 Å². The summed E-state index contributed by atoms with van der Waals surface area (Å²) in [7, 11) is 3.55. The molecule has 2 aliphatic rings. The van der Waals surface area contributed by atoms with E-state index in [4.69, 9.17) is 4.99 Å². The first kappa shape index (κ1) is 23.2. The highest BCUT2D eigenvalue weighted by Crippen LogP contribution is 2.40. The van der Waals surface area contributed by atoms with Gasteiger partial charge in [-0.25, -0.2) is 4.99 Å². The molecule has 178 valence electrons. The number of amidine groups is 1. The van der Waals surface area contributed by atoms with Crippen LogP contribution in [0.15, 0.2) is 83.0 Å². The maximum atomic E-state index is 13.2. The topological polar surface area (TPSA) is 65.0 Å². The molecule has 3 aromatic rings. The van der Waals surface area contributed by atoms with Crippen LogP contribution >= 0.6 is 11.8 Å². The number of nitrogens with one attached hydrogen (secondary N) is 1. The van der Waals surface area contributed by atoms with Crippen LogP contribution in [0.3, 0.4) is 0 Å². The van der Waals surface area contributed by atoms with Crippen molar-refractivity contribution in [2.45, 2.75) is 19.4 Å². The van der Waals surface area contributed by atoms with Crippen LogP contribution < -0.4 is 5.32 Å². The molecule has 1 N–H and O–H groups in total. The van der Waals surface area contributed by atoms with Crippen molar-refractivity contribution in [3.63, 3.8) is 0 Å². The lowest BCUT2D eigenvalue weighted by Crippen LogP contribution is -2.43. The van der Waals surface area contributed by atoms with Gasteiger partial charge in [-0.2, -0.15) is 0 Å². The highest BCUT2D eigenvalue weighted by molar-refractivity contribution is 8.13. The number of thioether (sulfide) groups is 1. The molecule has 1 fully saturated rings. The molecule has 0 radical (unpaired) electrons. The predicted octanol–water partition coefficient (Wildman–Crippen LogP) is 5.30. The molecule has 3 aromatic carbocycles. The summed E-state index contributed by atoms with van der Waals surface area (Å²) in [6, 6.07) is 21.2. The van der Waals surface area contributed by atoms with E-state index >= 15 is 0 Å². The maximum absolute atomic E-state index is 13.2. The number of anilines is 1. The molecule has 1 unspecified atom stereocenters. The second kappa shape index (κ2) is 9.58. The molecule has 2 heterocycles. The molecule has 6 nitrogen and oxygen atoms in total. The minimum absolute atomic E-state index is 0.0285. The second-order valence-electron chi connectivity index (χ2n) is 8.99. The van der Waals surface area contributed by atoms with Crippen molar-refractivity contribution in [2.24, 2.45) is 4.99 Å². The van der Waals surface area contributed by atoms with Crippen LogP contribution in [0.2, 0.25) is 0 Å².